The van der Waals surface area contributed by atoms with E-state index in [9.17, 15) is 14.0 Å². The summed E-state index contributed by atoms with van der Waals surface area (Å²) in [6.45, 7) is 0.311. The van der Waals surface area contributed by atoms with Crippen molar-refractivity contribution in [2.24, 2.45) is 5.10 Å². The summed E-state index contributed by atoms with van der Waals surface area (Å²) in [6.07, 6.45) is -0.679. The van der Waals surface area contributed by atoms with Gasteiger partial charge >= 0.3 is 6.09 Å². The molecule has 3 aromatic rings. The molecule has 0 radical (unpaired) electrons. The highest BCUT2D eigenvalue weighted by molar-refractivity contribution is 6.31. The predicted molar refractivity (Wildman–Crippen MR) is 123 cm³/mol. The molecule has 2 heterocycles. The molecule has 2 amide bonds. The lowest BCUT2D eigenvalue weighted by Gasteiger charge is -2.29. The number of rotatable bonds is 4. The lowest BCUT2D eigenvalue weighted by Crippen LogP contribution is -2.48. The molecule has 33 heavy (non-hydrogen) atoms. The highest BCUT2D eigenvalue weighted by Gasteiger charge is 2.48. The highest BCUT2D eigenvalue weighted by Crippen LogP contribution is 2.39. The first-order chi connectivity index (χ1) is 16.0. The molecule has 0 unspecified atom stereocenters. The molecule has 2 aliphatic rings. The number of cyclic esters (lactones) is 1. The van der Waals surface area contributed by atoms with Crippen LogP contribution in [0.4, 0.5) is 14.9 Å². The summed E-state index contributed by atoms with van der Waals surface area (Å²) < 4.78 is 18.8. The Balaban J connectivity index is 1.69. The number of imide groups is 1. The number of ether oxygens (including phenoxy) is 1. The first-order valence-corrected chi connectivity index (χ1v) is 10.8. The number of carbonyl (C=O) groups excluding carboxylic acids is 2. The van der Waals surface area contributed by atoms with Crippen LogP contribution >= 0.6 is 11.6 Å². The quantitative estimate of drug-likeness (QED) is 0.555. The standard InChI is InChI=1S/C25H19ClFN3O3/c26-18-6-4-5-17(15-18)22-21(16-9-11-19(27)12-10-16)23(24(31)29-13-14-33-25(29)32)30(28-22)20-7-2-1-3-8-20/h1-12,15,21,23H,13-14H2/t21-,23-/m0/s1. The number of benzene rings is 3. The van der Waals surface area contributed by atoms with E-state index < -0.39 is 24.0 Å². The van der Waals surface area contributed by atoms with E-state index in [1.54, 1.807) is 29.3 Å². The van der Waals surface area contributed by atoms with Crippen molar-refractivity contribution in [1.29, 1.82) is 0 Å². The van der Waals surface area contributed by atoms with Crippen LogP contribution in [0.5, 0.6) is 0 Å². The summed E-state index contributed by atoms with van der Waals surface area (Å²) in [5.74, 6) is -1.40. The number of carbonyl (C=O) groups is 2. The van der Waals surface area contributed by atoms with Gasteiger partial charge in [-0.05, 0) is 47.5 Å². The SMILES string of the molecule is O=C1OCCN1C(=O)[C@@H]1[C@@H](c2ccc(F)cc2)C(c2cccc(Cl)c2)=NN1c1ccccc1. The maximum absolute atomic E-state index is 13.7. The Kier molecular flexibility index (Phi) is 5.56. The minimum atomic E-state index is -0.877. The molecule has 3 aromatic carbocycles. The maximum Gasteiger partial charge on any atom is 0.416 e. The highest BCUT2D eigenvalue weighted by atomic mass is 35.5. The van der Waals surface area contributed by atoms with Gasteiger partial charge in [-0.2, -0.15) is 5.10 Å². The van der Waals surface area contributed by atoms with Crippen molar-refractivity contribution >= 4 is 35.0 Å². The lowest BCUT2D eigenvalue weighted by atomic mass is 9.84. The molecule has 2 atom stereocenters. The maximum atomic E-state index is 13.7. The van der Waals surface area contributed by atoms with Crippen LogP contribution in [0.25, 0.3) is 0 Å². The van der Waals surface area contributed by atoms with Crippen molar-refractivity contribution in [1.82, 2.24) is 4.90 Å². The molecule has 2 aliphatic heterocycles. The van der Waals surface area contributed by atoms with Crippen LogP contribution < -0.4 is 5.01 Å². The van der Waals surface area contributed by atoms with Gasteiger partial charge < -0.3 is 4.74 Å². The molecule has 1 saturated heterocycles. The third-order valence-corrected chi connectivity index (χ3v) is 5.97. The van der Waals surface area contributed by atoms with E-state index in [1.807, 2.05) is 42.5 Å². The number of halogens is 2. The van der Waals surface area contributed by atoms with E-state index >= 15 is 0 Å². The van der Waals surface area contributed by atoms with Crippen LogP contribution in [0.3, 0.4) is 0 Å². The molecular formula is C25H19ClFN3O3. The molecule has 0 aromatic heterocycles. The van der Waals surface area contributed by atoms with E-state index in [0.29, 0.717) is 22.0 Å². The molecule has 166 valence electrons. The van der Waals surface area contributed by atoms with Crippen molar-refractivity contribution in [3.63, 3.8) is 0 Å². The molecule has 8 heteroatoms. The van der Waals surface area contributed by atoms with Crippen LogP contribution in [0.2, 0.25) is 5.02 Å². The molecule has 0 N–H and O–H groups in total. The number of hydrogen-bond acceptors (Lipinski definition) is 5. The summed E-state index contributed by atoms with van der Waals surface area (Å²) in [4.78, 5) is 27.1. The minimum Gasteiger partial charge on any atom is -0.447 e. The largest absolute Gasteiger partial charge is 0.447 e. The zero-order valence-corrected chi connectivity index (χ0v) is 18.2. The molecule has 5 rings (SSSR count). The van der Waals surface area contributed by atoms with E-state index in [2.05, 4.69) is 0 Å². The van der Waals surface area contributed by atoms with Gasteiger partial charge in [0.15, 0.2) is 0 Å². The molecular weight excluding hydrogens is 445 g/mol. The first-order valence-electron chi connectivity index (χ1n) is 10.5. The van der Waals surface area contributed by atoms with Gasteiger partial charge in [-0.1, -0.05) is 54.1 Å². The van der Waals surface area contributed by atoms with Crippen molar-refractivity contribution < 1.29 is 18.7 Å². The molecule has 0 bridgehead atoms. The summed E-state index contributed by atoms with van der Waals surface area (Å²) in [5.41, 5.74) is 2.71. The van der Waals surface area contributed by atoms with E-state index in [0.717, 1.165) is 10.5 Å². The second-order valence-corrected chi connectivity index (χ2v) is 8.19. The van der Waals surface area contributed by atoms with Crippen LogP contribution in [-0.2, 0) is 9.53 Å². The Morgan fingerprint density at radius 1 is 1.03 bits per heavy atom. The first kappa shape index (κ1) is 21.2. The van der Waals surface area contributed by atoms with Crippen LogP contribution in [-0.4, -0.2) is 41.8 Å². The number of hydrogen-bond donors (Lipinski definition) is 0. The fourth-order valence-corrected chi connectivity index (χ4v) is 4.42. The number of amides is 2. The van der Waals surface area contributed by atoms with Crippen molar-refractivity contribution in [3.05, 3.63) is 101 Å². The van der Waals surface area contributed by atoms with Gasteiger partial charge in [0.25, 0.3) is 5.91 Å². The Bertz CT molecular complexity index is 1230. The lowest BCUT2D eigenvalue weighted by molar-refractivity contribution is -0.129. The second-order valence-electron chi connectivity index (χ2n) is 7.75. The third kappa shape index (κ3) is 3.96. The van der Waals surface area contributed by atoms with Crippen LogP contribution in [0, 0.1) is 5.82 Å². The zero-order chi connectivity index (χ0) is 22.9. The predicted octanol–water partition coefficient (Wildman–Crippen LogP) is 4.83. The number of nitrogens with zero attached hydrogens (tertiary/aromatic N) is 3. The van der Waals surface area contributed by atoms with Gasteiger partial charge in [-0.15, -0.1) is 0 Å². The Hall–Kier alpha value is -3.71. The average molecular weight is 464 g/mol. The average Bonchev–Trinajstić information content (AvgIpc) is 3.44. The van der Waals surface area contributed by atoms with Gasteiger partial charge in [0.2, 0.25) is 0 Å². The summed E-state index contributed by atoms with van der Waals surface area (Å²) in [6, 6.07) is 21.5. The zero-order valence-electron chi connectivity index (χ0n) is 17.4. The fraction of sp³-hybridized carbons (Fsp3) is 0.160. The number of hydrazone groups is 1. The Morgan fingerprint density at radius 3 is 2.45 bits per heavy atom. The topological polar surface area (TPSA) is 62.2 Å². The monoisotopic (exact) mass is 463 g/mol. The summed E-state index contributed by atoms with van der Waals surface area (Å²) in [5, 5.41) is 7.00. The molecule has 1 fully saturated rings. The van der Waals surface area contributed by atoms with Gasteiger partial charge in [0.1, 0.15) is 18.5 Å². The van der Waals surface area contributed by atoms with E-state index in [-0.39, 0.29) is 19.0 Å². The van der Waals surface area contributed by atoms with Gasteiger partial charge in [0.05, 0.1) is 23.9 Å². The Morgan fingerprint density at radius 2 is 1.79 bits per heavy atom. The molecule has 6 nitrogen and oxygen atoms in total. The van der Waals surface area contributed by atoms with E-state index in [1.165, 1.54) is 12.1 Å². The van der Waals surface area contributed by atoms with Crippen molar-refractivity contribution in [2.75, 3.05) is 18.2 Å². The van der Waals surface area contributed by atoms with E-state index in [4.69, 9.17) is 21.4 Å². The summed E-state index contributed by atoms with van der Waals surface area (Å²) in [7, 11) is 0. The smallest absolute Gasteiger partial charge is 0.416 e. The number of para-hydroxylation sites is 1. The molecule has 0 aliphatic carbocycles. The number of anilines is 1. The molecule has 0 saturated carbocycles. The van der Waals surface area contributed by atoms with Crippen LogP contribution in [0.1, 0.15) is 17.0 Å². The van der Waals surface area contributed by atoms with Crippen LogP contribution in [0.15, 0.2) is 84.0 Å². The van der Waals surface area contributed by atoms with Gasteiger partial charge in [0, 0.05) is 5.02 Å². The second kappa shape index (κ2) is 8.67. The van der Waals surface area contributed by atoms with Crippen molar-refractivity contribution in [3.8, 4) is 0 Å². The summed E-state index contributed by atoms with van der Waals surface area (Å²) >= 11 is 6.26. The fourth-order valence-electron chi connectivity index (χ4n) is 4.23. The molecule has 0 spiro atoms. The Labute approximate surface area is 194 Å². The van der Waals surface area contributed by atoms with Crippen molar-refractivity contribution in [2.45, 2.75) is 12.0 Å². The van der Waals surface area contributed by atoms with Gasteiger partial charge in [-0.3, -0.25) is 9.80 Å². The normalized spacial score (nSPS) is 20.1. The minimum absolute atomic E-state index is 0.145. The third-order valence-electron chi connectivity index (χ3n) is 5.74. The van der Waals surface area contributed by atoms with Gasteiger partial charge in [-0.25, -0.2) is 14.1 Å².